The highest BCUT2D eigenvalue weighted by Gasteiger charge is 2.25. The zero-order chi connectivity index (χ0) is 21.0. The average molecular weight is 420 g/mol. The third kappa shape index (κ3) is 4.45. The number of hydrogen-bond donors (Lipinski definition) is 2. The van der Waals surface area contributed by atoms with Crippen molar-refractivity contribution in [1.82, 2.24) is 0 Å². The summed E-state index contributed by atoms with van der Waals surface area (Å²) < 4.78 is 34.0. The Hall–Kier alpha value is -2.80. The Bertz CT molecular complexity index is 1100. The molecule has 0 atom stereocenters. The van der Waals surface area contributed by atoms with Crippen LogP contribution in [0.2, 0.25) is 0 Å². The van der Waals surface area contributed by atoms with Crippen LogP contribution in [-0.2, 0) is 13.6 Å². The predicted molar refractivity (Wildman–Crippen MR) is 108 cm³/mol. The van der Waals surface area contributed by atoms with Crippen LogP contribution in [0.4, 0.5) is 0 Å². The van der Waals surface area contributed by atoms with E-state index in [0.717, 1.165) is 0 Å². The van der Waals surface area contributed by atoms with E-state index >= 15 is 0 Å². The molecule has 29 heavy (non-hydrogen) atoms. The third-order valence-corrected chi connectivity index (χ3v) is 5.75. The SMILES string of the molecule is CCOP(=O)(COc1cc(O)c2c(=O)c(O)c(-c3ccccc3)oc2c1)OCC. The number of ether oxygens (including phenoxy) is 1. The van der Waals surface area contributed by atoms with Crippen molar-refractivity contribution in [3.63, 3.8) is 0 Å². The molecule has 0 spiro atoms. The first kappa shape index (κ1) is 20.9. The van der Waals surface area contributed by atoms with Gasteiger partial charge in [-0.2, -0.15) is 0 Å². The van der Waals surface area contributed by atoms with Gasteiger partial charge in [0.15, 0.2) is 12.1 Å². The topological polar surface area (TPSA) is 115 Å². The Labute approximate surface area is 166 Å². The van der Waals surface area contributed by atoms with Crippen LogP contribution >= 0.6 is 7.60 Å². The van der Waals surface area contributed by atoms with E-state index in [1.165, 1.54) is 12.1 Å². The number of fused-ring (bicyclic) bond motifs is 1. The second kappa shape index (κ2) is 8.69. The smallest absolute Gasteiger partial charge is 0.367 e. The first-order chi connectivity index (χ1) is 13.9. The maximum atomic E-state index is 12.5. The van der Waals surface area contributed by atoms with Crippen LogP contribution < -0.4 is 10.2 Å². The van der Waals surface area contributed by atoms with Gasteiger partial charge in [-0.25, -0.2) is 0 Å². The molecule has 0 saturated carbocycles. The molecule has 1 heterocycles. The van der Waals surface area contributed by atoms with Crippen molar-refractivity contribution in [2.24, 2.45) is 0 Å². The fraction of sp³-hybridized carbons (Fsp3) is 0.250. The third-order valence-electron chi connectivity index (χ3n) is 4.00. The van der Waals surface area contributed by atoms with Crippen molar-refractivity contribution >= 4 is 18.6 Å². The molecule has 154 valence electrons. The lowest BCUT2D eigenvalue weighted by atomic mass is 10.1. The molecule has 0 saturated heterocycles. The zero-order valence-electron chi connectivity index (χ0n) is 16.0. The van der Waals surface area contributed by atoms with Crippen molar-refractivity contribution in [2.45, 2.75) is 13.8 Å². The minimum atomic E-state index is -3.47. The van der Waals surface area contributed by atoms with E-state index in [1.54, 1.807) is 44.2 Å². The van der Waals surface area contributed by atoms with E-state index in [0.29, 0.717) is 5.56 Å². The van der Waals surface area contributed by atoms with Gasteiger partial charge in [0.25, 0.3) is 0 Å². The Morgan fingerprint density at radius 1 is 1.03 bits per heavy atom. The van der Waals surface area contributed by atoms with Crippen LogP contribution in [-0.4, -0.2) is 29.8 Å². The molecule has 0 radical (unpaired) electrons. The first-order valence-corrected chi connectivity index (χ1v) is 10.7. The highest BCUT2D eigenvalue weighted by Crippen LogP contribution is 2.48. The van der Waals surface area contributed by atoms with E-state index in [-0.39, 0.29) is 42.0 Å². The molecule has 3 rings (SSSR count). The van der Waals surface area contributed by atoms with E-state index in [1.807, 2.05) is 0 Å². The second-order valence-electron chi connectivity index (χ2n) is 6.01. The lowest BCUT2D eigenvalue weighted by Crippen LogP contribution is -2.06. The zero-order valence-corrected chi connectivity index (χ0v) is 16.8. The first-order valence-electron chi connectivity index (χ1n) is 8.97. The quantitative estimate of drug-likeness (QED) is 0.513. The van der Waals surface area contributed by atoms with Crippen molar-refractivity contribution in [3.8, 4) is 28.6 Å². The van der Waals surface area contributed by atoms with Gasteiger partial charge in [0.05, 0.1) is 13.2 Å². The van der Waals surface area contributed by atoms with Crippen LogP contribution in [0.15, 0.2) is 51.7 Å². The molecule has 0 amide bonds. The van der Waals surface area contributed by atoms with Gasteiger partial charge < -0.3 is 28.4 Å². The summed E-state index contributed by atoms with van der Waals surface area (Å²) >= 11 is 0. The summed E-state index contributed by atoms with van der Waals surface area (Å²) in [6.07, 6.45) is -0.381. The van der Waals surface area contributed by atoms with Gasteiger partial charge in [-0.1, -0.05) is 30.3 Å². The lowest BCUT2D eigenvalue weighted by Gasteiger charge is -2.17. The molecule has 8 nitrogen and oxygen atoms in total. The maximum Gasteiger partial charge on any atom is 0.367 e. The highest BCUT2D eigenvalue weighted by atomic mass is 31.2. The van der Waals surface area contributed by atoms with Gasteiger partial charge in [0.2, 0.25) is 11.2 Å². The molecule has 2 aromatic carbocycles. The number of hydrogen-bond acceptors (Lipinski definition) is 8. The number of benzene rings is 2. The molecule has 9 heteroatoms. The van der Waals surface area contributed by atoms with Crippen LogP contribution in [0.3, 0.4) is 0 Å². The second-order valence-corrected chi connectivity index (χ2v) is 8.01. The molecule has 0 fully saturated rings. The molecule has 1 aromatic heterocycles. The normalized spacial score (nSPS) is 11.7. The molecule has 2 N–H and O–H groups in total. The minimum absolute atomic E-state index is 0.00399. The van der Waals surface area contributed by atoms with Crippen LogP contribution in [0, 0.1) is 0 Å². The minimum Gasteiger partial charge on any atom is -0.507 e. The van der Waals surface area contributed by atoms with E-state index in [4.69, 9.17) is 18.2 Å². The number of phenolic OH excluding ortho intramolecular Hbond substituents is 1. The molecule has 0 bridgehead atoms. The molecule has 0 aliphatic carbocycles. The van der Waals surface area contributed by atoms with E-state index in [2.05, 4.69) is 0 Å². The monoisotopic (exact) mass is 420 g/mol. The molecule has 0 aliphatic heterocycles. The van der Waals surface area contributed by atoms with Crippen molar-refractivity contribution < 1.29 is 33.0 Å². The van der Waals surface area contributed by atoms with Crippen LogP contribution in [0.5, 0.6) is 17.2 Å². The molecule has 3 aromatic rings. The Balaban J connectivity index is 2.03. The number of phenols is 1. The van der Waals surface area contributed by atoms with Gasteiger partial charge in [0.1, 0.15) is 22.5 Å². The molecule has 0 aliphatic rings. The number of rotatable bonds is 8. The molecule has 0 unspecified atom stereocenters. The average Bonchev–Trinajstić information content (AvgIpc) is 2.70. The van der Waals surface area contributed by atoms with Crippen molar-refractivity contribution in [3.05, 3.63) is 52.7 Å². The van der Waals surface area contributed by atoms with Crippen molar-refractivity contribution in [2.75, 3.05) is 19.6 Å². The largest absolute Gasteiger partial charge is 0.507 e. The fourth-order valence-electron chi connectivity index (χ4n) is 2.79. The van der Waals surface area contributed by atoms with Gasteiger partial charge in [-0.3, -0.25) is 9.36 Å². The maximum absolute atomic E-state index is 12.5. The standard InChI is InChI=1S/C20H21O8P/c1-3-26-29(24,27-4-2)12-25-14-10-15(21)17-16(11-14)28-20(19(23)18(17)22)13-8-6-5-7-9-13/h5-11,21,23H,3-4,12H2,1-2H3. The predicted octanol–water partition coefficient (Wildman–Crippen LogP) is 4.47. The fourth-order valence-corrected chi connectivity index (χ4v) is 4.11. The molecular weight excluding hydrogens is 399 g/mol. The van der Waals surface area contributed by atoms with E-state index < -0.39 is 24.5 Å². The summed E-state index contributed by atoms with van der Waals surface area (Å²) in [5.41, 5.74) is -0.278. The summed E-state index contributed by atoms with van der Waals surface area (Å²) in [6, 6.07) is 11.1. The van der Waals surface area contributed by atoms with Crippen LogP contribution in [0.1, 0.15) is 13.8 Å². The summed E-state index contributed by atoms with van der Waals surface area (Å²) in [6.45, 7) is 3.72. The van der Waals surface area contributed by atoms with Gasteiger partial charge in [-0.15, -0.1) is 0 Å². The van der Waals surface area contributed by atoms with Gasteiger partial charge >= 0.3 is 7.60 Å². The Morgan fingerprint density at radius 3 is 2.31 bits per heavy atom. The van der Waals surface area contributed by atoms with Crippen molar-refractivity contribution in [1.29, 1.82) is 0 Å². The highest BCUT2D eigenvalue weighted by molar-refractivity contribution is 7.53. The summed E-state index contributed by atoms with van der Waals surface area (Å²) in [7, 11) is -3.47. The van der Waals surface area contributed by atoms with Crippen LogP contribution in [0.25, 0.3) is 22.3 Å². The summed E-state index contributed by atoms with van der Waals surface area (Å²) in [4.78, 5) is 12.5. The Kier molecular flexibility index (Phi) is 6.27. The summed E-state index contributed by atoms with van der Waals surface area (Å²) in [5.74, 6) is -0.981. The Morgan fingerprint density at radius 2 is 1.69 bits per heavy atom. The number of aromatic hydroxyl groups is 2. The van der Waals surface area contributed by atoms with Gasteiger partial charge in [0, 0.05) is 17.7 Å². The summed E-state index contributed by atoms with van der Waals surface area (Å²) in [5, 5.41) is 20.3. The molecular formula is C20H21O8P. The lowest BCUT2D eigenvalue weighted by molar-refractivity contribution is 0.196. The van der Waals surface area contributed by atoms with Gasteiger partial charge in [-0.05, 0) is 13.8 Å². The van der Waals surface area contributed by atoms with E-state index in [9.17, 15) is 19.6 Å².